The first-order chi connectivity index (χ1) is 9.13. The van der Waals surface area contributed by atoms with Gasteiger partial charge >= 0.3 is 0 Å². The maximum Gasteiger partial charge on any atom is 0.124 e. The lowest BCUT2D eigenvalue weighted by Crippen LogP contribution is -2.47. The van der Waals surface area contributed by atoms with Crippen LogP contribution in [0.3, 0.4) is 0 Å². The Hall–Kier alpha value is -0.490. The third-order valence-corrected chi connectivity index (χ3v) is 4.33. The van der Waals surface area contributed by atoms with Gasteiger partial charge in [-0.25, -0.2) is 4.39 Å². The Morgan fingerprint density at radius 1 is 1.53 bits per heavy atom. The zero-order chi connectivity index (χ0) is 13.8. The molecular formula is C14H20BrFN2O. The van der Waals surface area contributed by atoms with E-state index in [4.69, 9.17) is 10.5 Å². The van der Waals surface area contributed by atoms with E-state index in [1.165, 1.54) is 12.1 Å². The Labute approximate surface area is 122 Å². The van der Waals surface area contributed by atoms with Gasteiger partial charge in [-0.2, -0.15) is 0 Å². The number of methoxy groups -OCH3 is 1. The fourth-order valence-corrected chi connectivity index (χ4v) is 3.31. The Kier molecular flexibility index (Phi) is 5.33. The van der Waals surface area contributed by atoms with Crippen molar-refractivity contribution in [2.75, 3.05) is 26.8 Å². The second kappa shape index (κ2) is 6.79. The molecule has 19 heavy (non-hydrogen) atoms. The molecule has 0 spiro atoms. The molecule has 0 saturated carbocycles. The quantitative estimate of drug-likeness (QED) is 0.922. The normalized spacial score (nSPS) is 24.6. The van der Waals surface area contributed by atoms with Gasteiger partial charge in [0.2, 0.25) is 0 Å². The largest absolute Gasteiger partial charge is 0.383 e. The number of hydrogen-bond donors (Lipinski definition) is 1. The molecule has 0 amide bonds. The van der Waals surface area contributed by atoms with Crippen LogP contribution in [-0.4, -0.2) is 37.7 Å². The zero-order valence-electron chi connectivity index (χ0n) is 11.1. The molecule has 0 aliphatic carbocycles. The van der Waals surface area contributed by atoms with Gasteiger partial charge in [-0.1, -0.05) is 22.0 Å². The number of nitrogens with zero attached hydrogens (tertiary/aromatic N) is 1. The van der Waals surface area contributed by atoms with Gasteiger partial charge in [0, 0.05) is 24.2 Å². The average molecular weight is 331 g/mol. The molecule has 0 radical (unpaired) electrons. The molecule has 2 unspecified atom stereocenters. The number of rotatable bonds is 4. The second-order valence-electron chi connectivity index (χ2n) is 4.95. The van der Waals surface area contributed by atoms with Gasteiger partial charge in [-0.15, -0.1) is 0 Å². The van der Waals surface area contributed by atoms with Crippen LogP contribution in [0.25, 0.3) is 0 Å². The highest BCUT2D eigenvalue weighted by Gasteiger charge is 2.31. The minimum absolute atomic E-state index is 0.0763. The number of piperidine rings is 1. The van der Waals surface area contributed by atoms with Crippen molar-refractivity contribution in [2.24, 2.45) is 5.73 Å². The highest BCUT2D eigenvalue weighted by Crippen LogP contribution is 2.34. The molecule has 1 saturated heterocycles. The van der Waals surface area contributed by atoms with E-state index < -0.39 is 0 Å². The molecule has 2 N–H and O–H groups in total. The van der Waals surface area contributed by atoms with Crippen LogP contribution < -0.4 is 5.73 Å². The van der Waals surface area contributed by atoms with Gasteiger partial charge in [0.25, 0.3) is 0 Å². The Morgan fingerprint density at radius 3 is 3.00 bits per heavy atom. The average Bonchev–Trinajstić information content (AvgIpc) is 2.37. The van der Waals surface area contributed by atoms with Crippen molar-refractivity contribution in [2.45, 2.75) is 24.9 Å². The number of benzene rings is 1. The Balaban J connectivity index is 2.25. The minimum atomic E-state index is -0.233. The minimum Gasteiger partial charge on any atom is -0.383 e. The zero-order valence-corrected chi connectivity index (χ0v) is 12.7. The summed E-state index contributed by atoms with van der Waals surface area (Å²) in [6.07, 6.45) is 2.10. The number of nitrogens with two attached hydrogens (primary N) is 1. The molecule has 1 heterocycles. The molecule has 0 bridgehead atoms. The van der Waals surface area contributed by atoms with Crippen molar-refractivity contribution >= 4 is 15.9 Å². The van der Waals surface area contributed by atoms with E-state index in [1.54, 1.807) is 7.11 Å². The van der Waals surface area contributed by atoms with E-state index >= 15 is 0 Å². The highest BCUT2D eigenvalue weighted by atomic mass is 79.9. The lowest BCUT2D eigenvalue weighted by Gasteiger charge is -2.40. The first-order valence-electron chi connectivity index (χ1n) is 6.57. The van der Waals surface area contributed by atoms with Crippen molar-refractivity contribution in [3.8, 4) is 0 Å². The Bertz CT molecular complexity index is 430. The molecule has 1 aromatic carbocycles. The molecule has 1 aliphatic heterocycles. The molecule has 3 nitrogen and oxygen atoms in total. The molecule has 1 fully saturated rings. The van der Waals surface area contributed by atoms with Crippen LogP contribution in [-0.2, 0) is 4.74 Å². The monoisotopic (exact) mass is 330 g/mol. The van der Waals surface area contributed by atoms with E-state index in [9.17, 15) is 4.39 Å². The molecular weight excluding hydrogens is 311 g/mol. The van der Waals surface area contributed by atoms with Crippen molar-refractivity contribution in [3.05, 3.63) is 34.1 Å². The van der Waals surface area contributed by atoms with Gasteiger partial charge in [0.1, 0.15) is 5.82 Å². The molecule has 2 atom stereocenters. The van der Waals surface area contributed by atoms with Gasteiger partial charge in [0.15, 0.2) is 0 Å². The molecule has 106 valence electrons. The van der Waals surface area contributed by atoms with Crippen LogP contribution in [0.1, 0.15) is 24.4 Å². The summed E-state index contributed by atoms with van der Waals surface area (Å²) in [7, 11) is 1.70. The van der Waals surface area contributed by atoms with Gasteiger partial charge < -0.3 is 10.5 Å². The van der Waals surface area contributed by atoms with E-state index in [-0.39, 0.29) is 17.9 Å². The molecule has 0 aromatic heterocycles. The number of likely N-dealkylation sites (tertiary alicyclic amines) is 1. The smallest absolute Gasteiger partial charge is 0.124 e. The summed E-state index contributed by atoms with van der Waals surface area (Å²) in [6, 6.07) is 5.03. The van der Waals surface area contributed by atoms with Crippen LogP contribution in [0.5, 0.6) is 0 Å². The lowest BCUT2D eigenvalue weighted by molar-refractivity contribution is 0.0844. The third kappa shape index (κ3) is 3.54. The summed E-state index contributed by atoms with van der Waals surface area (Å²) in [5.41, 5.74) is 7.34. The highest BCUT2D eigenvalue weighted by molar-refractivity contribution is 9.10. The summed E-state index contributed by atoms with van der Waals surface area (Å²) >= 11 is 3.45. The molecule has 5 heteroatoms. The predicted molar refractivity (Wildman–Crippen MR) is 77.5 cm³/mol. The van der Waals surface area contributed by atoms with Crippen molar-refractivity contribution in [1.29, 1.82) is 0 Å². The maximum absolute atomic E-state index is 13.2. The van der Waals surface area contributed by atoms with Crippen LogP contribution in [0, 0.1) is 5.82 Å². The SMILES string of the molecule is COCCN1CCCC(N)C1c1ccc(F)cc1Br. The molecule has 1 aromatic rings. The van der Waals surface area contributed by atoms with Gasteiger partial charge in [-0.05, 0) is 37.1 Å². The maximum atomic E-state index is 13.2. The number of halogens is 2. The first-order valence-corrected chi connectivity index (χ1v) is 7.36. The van der Waals surface area contributed by atoms with E-state index in [0.29, 0.717) is 6.61 Å². The summed E-state index contributed by atoms with van der Waals surface area (Å²) < 4.78 is 19.2. The number of ether oxygens (including phenoxy) is 1. The lowest BCUT2D eigenvalue weighted by atomic mass is 9.91. The summed E-state index contributed by atoms with van der Waals surface area (Å²) in [6.45, 7) is 2.53. The van der Waals surface area contributed by atoms with Crippen molar-refractivity contribution < 1.29 is 9.13 Å². The van der Waals surface area contributed by atoms with E-state index in [2.05, 4.69) is 20.8 Å². The van der Waals surface area contributed by atoms with Crippen molar-refractivity contribution in [3.63, 3.8) is 0 Å². The topological polar surface area (TPSA) is 38.5 Å². The summed E-state index contributed by atoms with van der Waals surface area (Å²) in [5, 5.41) is 0. The van der Waals surface area contributed by atoms with Crippen LogP contribution in [0.4, 0.5) is 4.39 Å². The van der Waals surface area contributed by atoms with Crippen molar-refractivity contribution in [1.82, 2.24) is 4.90 Å². The molecule has 2 rings (SSSR count). The van der Waals surface area contributed by atoms with Crippen LogP contribution in [0.2, 0.25) is 0 Å². The predicted octanol–water partition coefficient (Wildman–Crippen LogP) is 2.70. The fraction of sp³-hybridized carbons (Fsp3) is 0.571. The molecule has 1 aliphatic rings. The van der Waals surface area contributed by atoms with Crippen LogP contribution in [0.15, 0.2) is 22.7 Å². The van der Waals surface area contributed by atoms with Gasteiger partial charge in [-0.3, -0.25) is 4.90 Å². The van der Waals surface area contributed by atoms with Crippen LogP contribution >= 0.6 is 15.9 Å². The standard InChI is InChI=1S/C14H20BrFN2O/c1-19-8-7-18-6-2-3-13(17)14(18)11-5-4-10(16)9-12(11)15/h4-5,9,13-14H,2-3,6-8,17H2,1H3. The van der Waals surface area contributed by atoms with Gasteiger partial charge in [0.05, 0.1) is 12.6 Å². The fourth-order valence-electron chi connectivity index (χ4n) is 2.73. The number of hydrogen-bond acceptors (Lipinski definition) is 3. The van der Waals surface area contributed by atoms with E-state index in [0.717, 1.165) is 36.0 Å². The summed E-state index contributed by atoms with van der Waals surface area (Å²) in [5.74, 6) is -0.233. The van der Waals surface area contributed by atoms with E-state index in [1.807, 2.05) is 6.07 Å². The third-order valence-electron chi connectivity index (χ3n) is 3.65. The second-order valence-corrected chi connectivity index (χ2v) is 5.80. The Morgan fingerprint density at radius 2 is 2.32 bits per heavy atom. The summed E-state index contributed by atoms with van der Waals surface area (Å²) in [4.78, 5) is 2.33. The first kappa shape index (κ1) is 14.9.